The van der Waals surface area contributed by atoms with Crippen molar-refractivity contribution in [2.45, 2.75) is 18.3 Å². The predicted molar refractivity (Wildman–Crippen MR) is 63.8 cm³/mol. The lowest BCUT2D eigenvalue weighted by molar-refractivity contribution is -0.141. The van der Waals surface area contributed by atoms with Gasteiger partial charge >= 0.3 is 5.97 Å². The number of nitrogens with zero attached hydrogens (tertiary/aromatic N) is 2. The summed E-state index contributed by atoms with van der Waals surface area (Å²) in [4.78, 5) is 28.6. The molecular formula is C11H12N2O3S. The van der Waals surface area contributed by atoms with Crippen LogP contribution >= 0.6 is 11.8 Å². The van der Waals surface area contributed by atoms with Crippen LogP contribution in [0.25, 0.3) is 0 Å². The molecule has 5 nitrogen and oxygen atoms in total. The summed E-state index contributed by atoms with van der Waals surface area (Å²) in [5, 5.41) is 8.94. The van der Waals surface area contributed by atoms with Crippen LogP contribution in [0.3, 0.4) is 0 Å². The van der Waals surface area contributed by atoms with Gasteiger partial charge in [0.25, 0.3) is 5.91 Å². The lowest BCUT2D eigenvalue weighted by Crippen LogP contribution is -2.45. The molecule has 1 aromatic heterocycles. The van der Waals surface area contributed by atoms with Crippen LogP contribution < -0.4 is 0 Å². The van der Waals surface area contributed by atoms with Gasteiger partial charge in [0.2, 0.25) is 0 Å². The van der Waals surface area contributed by atoms with E-state index in [1.165, 1.54) is 22.9 Å². The second-order valence-corrected chi connectivity index (χ2v) is 5.06. The molecule has 17 heavy (non-hydrogen) atoms. The van der Waals surface area contributed by atoms with Crippen molar-refractivity contribution in [2.24, 2.45) is 0 Å². The van der Waals surface area contributed by atoms with Crippen LogP contribution in [0.5, 0.6) is 0 Å². The summed E-state index contributed by atoms with van der Waals surface area (Å²) in [5.41, 5.74) is 0.285. The van der Waals surface area contributed by atoms with E-state index in [4.69, 9.17) is 5.11 Å². The van der Waals surface area contributed by atoms with Crippen LogP contribution in [0.1, 0.15) is 17.4 Å². The summed E-state index contributed by atoms with van der Waals surface area (Å²) in [5.74, 6) is -0.864. The van der Waals surface area contributed by atoms with Crippen molar-refractivity contribution in [1.29, 1.82) is 0 Å². The van der Waals surface area contributed by atoms with Gasteiger partial charge in [0, 0.05) is 11.9 Å². The van der Waals surface area contributed by atoms with Crippen molar-refractivity contribution < 1.29 is 14.7 Å². The molecule has 1 amide bonds. The number of hydrogen-bond donors (Lipinski definition) is 1. The van der Waals surface area contributed by atoms with Crippen LogP contribution in [0, 0.1) is 0 Å². The molecular weight excluding hydrogens is 240 g/mol. The van der Waals surface area contributed by atoms with Gasteiger partial charge in [-0.3, -0.25) is 9.78 Å². The number of thioether (sulfide) groups is 1. The Balaban J connectivity index is 2.26. The van der Waals surface area contributed by atoms with Crippen molar-refractivity contribution in [2.75, 3.05) is 5.75 Å². The molecule has 0 spiro atoms. The quantitative estimate of drug-likeness (QED) is 0.852. The van der Waals surface area contributed by atoms with Crippen molar-refractivity contribution >= 4 is 23.6 Å². The molecule has 1 aromatic rings. The van der Waals surface area contributed by atoms with Gasteiger partial charge in [-0.05, 0) is 19.1 Å². The van der Waals surface area contributed by atoms with Gasteiger partial charge in [-0.1, -0.05) is 6.07 Å². The van der Waals surface area contributed by atoms with Crippen LogP contribution in [0.15, 0.2) is 24.4 Å². The Morgan fingerprint density at radius 3 is 2.88 bits per heavy atom. The Hall–Kier alpha value is -1.56. The minimum absolute atomic E-state index is 0.134. The molecule has 90 valence electrons. The molecule has 0 saturated carbocycles. The highest BCUT2D eigenvalue weighted by molar-refractivity contribution is 8.00. The molecule has 0 aromatic carbocycles. The highest BCUT2D eigenvalue weighted by atomic mass is 32.2. The minimum atomic E-state index is -0.967. The second kappa shape index (κ2) is 4.75. The van der Waals surface area contributed by atoms with Crippen molar-refractivity contribution in [3.05, 3.63) is 30.1 Å². The maximum Gasteiger partial charge on any atom is 0.327 e. The van der Waals surface area contributed by atoms with E-state index >= 15 is 0 Å². The van der Waals surface area contributed by atoms with Gasteiger partial charge in [-0.15, -0.1) is 11.8 Å². The molecule has 1 N–H and O–H groups in total. The smallest absolute Gasteiger partial charge is 0.327 e. The first-order chi connectivity index (χ1) is 8.11. The lowest BCUT2D eigenvalue weighted by atomic mass is 10.2. The zero-order chi connectivity index (χ0) is 12.4. The number of hydrogen-bond acceptors (Lipinski definition) is 4. The average molecular weight is 252 g/mol. The zero-order valence-electron chi connectivity index (χ0n) is 9.24. The Labute approximate surface area is 103 Å². The molecule has 0 bridgehead atoms. The van der Waals surface area contributed by atoms with E-state index in [1.54, 1.807) is 18.2 Å². The SMILES string of the molecule is CC1SCC(C(=O)O)N1C(=O)c1ccccn1. The van der Waals surface area contributed by atoms with Gasteiger partial charge in [-0.2, -0.15) is 0 Å². The molecule has 2 rings (SSSR count). The molecule has 1 fully saturated rings. The van der Waals surface area contributed by atoms with E-state index in [0.29, 0.717) is 5.75 Å². The zero-order valence-corrected chi connectivity index (χ0v) is 10.1. The predicted octanol–water partition coefficient (Wildman–Crippen LogP) is 1.07. The fourth-order valence-electron chi connectivity index (χ4n) is 1.76. The largest absolute Gasteiger partial charge is 0.480 e. The van der Waals surface area contributed by atoms with Gasteiger partial charge in [0.05, 0.1) is 5.37 Å². The number of carbonyl (C=O) groups is 2. The number of pyridine rings is 1. The number of aromatic nitrogens is 1. The highest BCUT2D eigenvalue weighted by Gasteiger charge is 2.40. The Bertz CT molecular complexity index is 438. The van der Waals surface area contributed by atoms with E-state index < -0.39 is 12.0 Å². The van der Waals surface area contributed by atoms with Crippen LogP contribution in [-0.4, -0.2) is 44.0 Å². The summed E-state index contributed by atoms with van der Waals surface area (Å²) < 4.78 is 0. The normalized spacial score (nSPS) is 23.7. The molecule has 2 unspecified atom stereocenters. The number of carboxylic acids is 1. The lowest BCUT2D eigenvalue weighted by Gasteiger charge is -2.24. The van der Waals surface area contributed by atoms with Crippen molar-refractivity contribution in [3.8, 4) is 0 Å². The van der Waals surface area contributed by atoms with Crippen molar-refractivity contribution in [3.63, 3.8) is 0 Å². The van der Waals surface area contributed by atoms with E-state index in [1.807, 2.05) is 6.92 Å². The number of rotatable bonds is 2. The number of carboxylic acid groups (broad SMARTS) is 1. The molecule has 1 aliphatic rings. The summed E-state index contributed by atoms with van der Waals surface area (Å²) >= 11 is 1.46. The summed E-state index contributed by atoms with van der Waals surface area (Å²) in [6.45, 7) is 1.83. The number of carbonyl (C=O) groups excluding carboxylic acids is 1. The van der Waals surface area contributed by atoms with E-state index in [9.17, 15) is 9.59 Å². The minimum Gasteiger partial charge on any atom is -0.480 e. The van der Waals surface area contributed by atoms with Gasteiger partial charge < -0.3 is 10.0 Å². The monoisotopic (exact) mass is 252 g/mol. The fraction of sp³-hybridized carbons (Fsp3) is 0.364. The first-order valence-corrected chi connectivity index (χ1v) is 6.24. The standard InChI is InChI=1S/C11H12N2O3S/c1-7-13(9(6-17-7)11(15)16)10(14)8-4-2-3-5-12-8/h2-5,7,9H,6H2,1H3,(H,15,16). The molecule has 2 atom stereocenters. The van der Waals surface area contributed by atoms with E-state index in [-0.39, 0.29) is 17.0 Å². The third kappa shape index (κ3) is 2.26. The maximum absolute atomic E-state index is 12.2. The first kappa shape index (κ1) is 11.9. The highest BCUT2D eigenvalue weighted by Crippen LogP contribution is 2.29. The molecule has 0 aliphatic carbocycles. The number of amides is 1. The molecule has 6 heteroatoms. The van der Waals surface area contributed by atoms with Crippen LogP contribution in [0.4, 0.5) is 0 Å². The van der Waals surface area contributed by atoms with Crippen molar-refractivity contribution in [1.82, 2.24) is 9.88 Å². The summed E-state index contributed by atoms with van der Waals surface area (Å²) in [6.07, 6.45) is 1.52. The van der Waals surface area contributed by atoms with E-state index in [0.717, 1.165) is 0 Å². The maximum atomic E-state index is 12.2. The second-order valence-electron chi connectivity index (χ2n) is 3.71. The third-order valence-electron chi connectivity index (χ3n) is 2.63. The van der Waals surface area contributed by atoms with Gasteiger partial charge in [0.1, 0.15) is 11.7 Å². The van der Waals surface area contributed by atoms with Gasteiger partial charge in [0.15, 0.2) is 0 Å². The topological polar surface area (TPSA) is 70.5 Å². The van der Waals surface area contributed by atoms with Gasteiger partial charge in [-0.25, -0.2) is 4.79 Å². The Kier molecular flexibility index (Phi) is 3.33. The Morgan fingerprint density at radius 2 is 2.29 bits per heavy atom. The molecule has 1 saturated heterocycles. The third-order valence-corrected chi connectivity index (χ3v) is 3.84. The average Bonchev–Trinajstić information content (AvgIpc) is 2.71. The molecule has 1 aliphatic heterocycles. The fourth-order valence-corrected chi connectivity index (χ4v) is 2.93. The Morgan fingerprint density at radius 1 is 1.53 bits per heavy atom. The number of aliphatic carboxylic acids is 1. The molecule has 0 radical (unpaired) electrons. The first-order valence-electron chi connectivity index (χ1n) is 5.19. The van der Waals surface area contributed by atoms with E-state index in [2.05, 4.69) is 4.98 Å². The van der Waals surface area contributed by atoms with Crippen LogP contribution in [0.2, 0.25) is 0 Å². The summed E-state index contributed by atoms with van der Waals surface area (Å²) in [7, 11) is 0. The summed E-state index contributed by atoms with van der Waals surface area (Å²) in [6, 6.07) is 4.26. The van der Waals surface area contributed by atoms with Crippen LogP contribution in [-0.2, 0) is 4.79 Å². The molecule has 2 heterocycles.